The molecule has 2 N–H and O–H groups in total. The number of aliphatic hydroxyl groups is 1. The second-order valence-corrected chi connectivity index (χ2v) is 3.81. The van der Waals surface area contributed by atoms with Crippen molar-refractivity contribution in [3.8, 4) is 0 Å². The number of anilines is 1. The van der Waals surface area contributed by atoms with E-state index in [9.17, 15) is 5.11 Å². The first-order valence-electron chi connectivity index (χ1n) is 4.81. The monoisotopic (exact) mass is 213 g/mol. The lowest BCUT2D eigenvalue weighted by atomic mass is 10.2. The standard InChI is InChI=1S/C11H16ClNO/c1-3-10(14)7-13-9-5-4-8(2)11(12)6-9/h4-6,10,13-14H,3,7H2,1-2H3. The van der Waals surface area contributed by atoms with E-state index >= 15 is 0 Å². The summed E-state index contributed by atoms with van der Waals surface area (Å²) in [6.45, 7) is 4.48. The number of halogens is 1. The largest absolute Gasteiger partial charge is 0.391 e. The van der Waals surface area contributed by atoms with Crippen LogP contribution >= 0.6 is 11.6 Å². The molecule has 0 amide bonds. The van der Waals surface area contributed by atoms with Crippen LogP contribution in [0.4, 0.5) is 5.69 Å². The minimum atomic E-state index is -0.296. The van der Waals surface area contributed by atoms with Crippen molar-refractivity contribution in [3.05, 3.63) is 28.8 Å². The molecule has 0 aliphatic heterocycles. The minimum Gasteiger partial charge on any atom is -0.391 e. The van der Waals surface area contributed by atoms with Gasteiger partial charge in [0, 0.05) is 17.3 Å². The Kier molecular flexibility index (Phi) is 4.23. The summed E-state index contributed by atoms with van der Waals surface area (Å²) in [5.41, 5.74) is 2.02. The number of rotatable bonds is 4. The third-order valence-corrected chi connectivity index (χ3v) is 2.59. The van der Waals surface area contributed by atoms with Gasteiger partial charge in [-0.15, -0.1) is 0 Å². The van der Waals surface area contributed by atoms with Crippen LogP contribution < -0.4 is 5.32 Å². The van der Waals surface area contributed by atoms with Gasteiger partial charge in [0.1, 0.15) is 0 Å². The first kappa shape index (κ1) is 11.3. The van der Waals surface area contributed by atoms with Gasteiger partial charge in [0.2, 0.25) is 0 Å². The van der Waals surface area contributed by atoms with Crippen LogP contribution in [0.15, 0.2) is 18.2 Å². The van der Waals surface area contributed by atoms with Crippen LogP contribution in [0.3, 0.4) is 0 Å². The van der Waals surface area contributed by atoms with Crippen LogP contribution in [0.5, 0.6) is 0 Å². The van der Waals surface area contributed by atoms with E-state index in [2.05, 4.69) is 5.32 Å². The molecule has 0 radical (unpaired) electrons. The molecule has 0 aromatic heterocycles. The molecule has 2 nitrogen and oxygen atoms in total. The highest BCUT2D eigenvalue weighted by Crippen LogP contribution is 2.19. The Balaban J connectivity index is 2.55. The molecule has 14 heavy (non-hydrogen) atoms. The quantitative estimate of drug-likeness (QED) is 0.806. The average Bonchev–Trinajstić information content (AvgIpc) is 2.19. The van der Waals surface area contributed by atoms with Gasteiger partial charge in [0.05, 0.1) is 6.10 Å². The van der Waals surface area contributed by atoms with Gasteiger partial charge in [-0.1, -0.05) is 24.6 Å². The number of hydrogen-bond acceptors (Lipinski definition) is 2. The molecule has 3 heteroatoms. The third kappa shape index (κ3) is 3.20. The Bertz CT molecular complexity index is 301. The van der Waals surface area contributed by atoms with Gasteiger partial charge in [-0.2, -0.15) is 0 Å². The number of benzene rings is 1. The molecule has 1 aromatic carbocycles. The third-order valence-electron chi connectivity index (χ3n) is 2.18. The van der Waals surface area contributed by atoms with Crippen molar-refractivity contribution in [1.82, 2.24) is 0 Å². The van der Waals surface area contributed by atoms with E-state index in [1.165, 1.54) is 0 Å². The molecule has 0 aliphatic rings. The van der Waals surface area contributed by atoms with E-state index in [1.54, 1.807) is 0 Å². The fraction of sp³-hybridized carbons (Fsp3) is 0.455. The van der Waals surface area contributed by atoms with Crippen molar-refractivity contribution in [2.45, 2.75) is 26.4 Å². The van der Waals surface area contributed by atoms with Crippen molar-refractivity contribution in [2.24, 2.45) is 0 Å². The van der Waals surface area contributed by atoms with Crippen LogP contribution in [0, 0.1) is 6.92 Å². The normalized spacial score (nSPS) is 12.6. The lowest BCUT2D eigenvalue weighted by molar-refractivity contribution is 0.183. The smallest absolute Gasteiger partial charge is 0.0709 e. The van der Waals surface area contributed by atoms with E-state index in [4.69, 9.17) is 11.6 Å². The molecule has 78 valence electrons. The Morgan fingerprint density at radius 2 is 2.21 bits per heavy atom. The average molecular weight is 214 g/mol. The van der Waals surface area contributed by atoms with Crippen LogP contribution in [0.25, 0.3) is 0 Å². The number of hydrogen-bond donors (Lipinski definition) is 2. The molecular formula is C11H16ClNO. The van der Waals surface area contributed by atoms with E-state index in [0.717, 1.165) is 22.7 Å². The van der Waals surface area contributed by atoms with Gasteiger partial charge in [0.25, 0.3) is 0 Å². The van der Waals surface area contributed by atoms with E-state index in [1.807, 2.05) is 32.0 Å². The van der Waals surface area contributed by atoms with Crippen molar-refractivity contribution < 1.29 is 5.11 Å². The topological polar surface area (TPSA) is 32.3 Å². The highest BCUT2D eigenvalue weighted by molar-refractivity contribution is 6.31. The maximum absolute atomic E-state index is 9.35. The Hall–Kier alpha value is -0.730. The van der Waals surface area contributed by atoms with Crippen molar-refractivity contribution in [1.29, 1.82) is 0 Å². The first-order chi connectivity index (χ1) is 6.63. The van der Waals surface area contributed by atoms with Crippen molar-refractivity contribution >= 4 is 17.3 Å². The second kappa shape index (κ2) is 5.23. The minimum absolute atomic E-state index is 0.296. The zero-order valence-electron chi connectivity index (χ0n) is 8.55. The summed E-state index contributed by atoms with van der Waals surface area (Å²) in [5.74, 6) is 0. The fourth-order valence-electron chi connectivity index (χ4n) is 1.08. The predicted molar refractivity (Wildman–Crippen MR) is 61.0 cm³/mol. The number of aliphatic hydroxyl groups excluding tert-OH is 1. The summed E-state index contributed by atoms with van der Waals surface area (Å²) in [5, 5.41) is 13.2. The molecule has 0 heterocycles. The zero-order valence-corrected chi connectivity index (χ0v) is 9.30. The fourth-order valence-corrected chi connectivity index (χ4v) is 1.26. The molecule has 0 aliphatic carbocycles. The SMILES string of the molecule is CCC(O)CNc1ccc(C)c(Cl)c1. The van der Waals surface area contributed by atoms with Gasteiger partial charge in [0.15, 0.2) is 0 Å². The molecule has 1 rings (SSSR count). The van der Waals surface area contributed by atoms with E-state index < -0.39 is 0 Å². The molecule has 1 atom stereocenters. The van der Waals surface area contributed by atoms with Gasteiger partial charge >= 0.3 is 0 Å². The van der Waals surface area contributed by atoms with Crippen LogP contribution in [-0.4, -0.2) is 17.8 Å². The molecule has 0 bridgehead atoms. The molecule has 0 saturated heterocycles. The Labute approximate surface area is 89.9 Å². The summed E-state index contributed by atoms with van der Waals surface area (Å²) < 4.78 is 0. The summed E-state index contributed by atoms with van der Waals surface area (Å²) in [7, 11) is 0. The molecule has 1 unspecified atom stereocenters. The van der Waals surface area contributed by atoms with E-state index in [-0.39, 0.29) is 6.10 Å². The van der Waals surface area contributed by atoms with Crippen LogP contribution in [-0.2, 0) is 0 Å². The number of aryl methyl sites for hydroxylation is 1. The molecule has 0 spiro atoms. The van der Waals surface area contributed by atoms with Gasteiger partial charge in [-0.3, -0.25) is 0 Å². The van der Waals surface area contributed by atoms with E-state index in [0.29, 0.717) is 6.54 Å². The highest BCUT2D eigenvalue weighted by atomic mass is 35.5. The van der Waals surface area contributed by atoms with Gasteiger partial charge in [-0.25, -0.2) is 0 Å². The Morgan fingerprint density at radius 1 is 1.50 bits per heavy atom. The van der Waals surface area contributed by atoms with Gasteiger partial charge in [-0.05, 0) is 31.0 Å². The summed E-state index contributed by atoms with van der Waals surface area (Å²) >= 11 is 5.96. The molecule has 0 fully saturated rings. The molecular weight excluding hydrogens is 198 g/mol. The Morgan fingerprint density at radius 3 is 2.79 bits per heavy atom. The van der Waals surface area contributed by atoms with Crippen molar-refractivity contribution in [3.63, 3.8) is 0 Å². The highest BCUT2D eigenvalue weighted by Gasteiger charge is 2.01. The second-order valence-electron chi connectivity index (χ2n) is 3.41. The molecule has 0 saturated carbocycles. The van der Waals surface area contributed by atoms with Crippen LogP contribution in [0.1, 0.15) is 18.9 Å². The lowest BCUT2D eigenvalue weighted by Gasteiger charge is -2.11. The maximum atomic E-state index is 9.35. The lowest BCUT2D eigenvalue weighted by Crippen LogP contribution is -2.18. The zero-order chi connectivity index (χ0) is 10.6. The summed E-state index contributed by atoms with van der Waals surface area (Å²) in [4.78, 5) is 0. The van der Waals surface area contributed by atoms with Crippen molar-refractivity contribution in [2.75, 3.05) is 11.9 Å². The van der Waals surface area contributed by atoms with Gasteiger partial charge < -0.3 is 10.4 Å². The maximum Gasteiger partial charge on any atom is 0.0709 e. The summed E-state index contributed by atoms with van der Waals surface area (Å²) in [6.07, 6.45) is 0.460. The number of nitrogens with one attached hydrogen (secondary N) is 1. The predicted octanol–water partition coefficient (Wildman–Crippen LogP) is 2.83. The molecule has 1 aromatic rings. The first-order valence-corrected chi connectivity index (χ1v) is 5.19. The van der Waals surface area contributed by atoms with Crippen LogP contribution in [0.2, 0.25) is 5.02 Å². The summed E-state index contributed by atoms with van der Waals surface area (Å²) in [6, 6.07) is 5.80.